The summed E-state index contributed by atoms with van der Waals surface area (Å²) in [5, 5.41) is 0. The van der Waals surface area contributed by atoms with Gasteiger partial charge in [0.15, 0.2) is 17.3 Å². The number of para-hydroxylation sites is 1. The van der Waals surface area contributed by atoms with Crippen molar-refractivity contribution in [2.24, 2.45) is 0 Å². The van der Waals surface area contributed by atoms with E-state index in [1.165, 1.54) is 0 Å². The highest BCUT2D eigenvalue weighted by molar-refractivity contribution is 5.95. The monoisotopic (exact) mass is 286 g/mol. The van der Waals surface area contributed by atoms with E-state index >= 15 is 0 Å². The third-order valence-corrected chi connectivity index (χ3v) is 3.10. The first kappa shape index (κ1) is 14.9. The average molecular weight is 286 g/mol. The van der Waals surface area contributed by atoms with E-state index in [-0.39, 0.29) is 5.78 Å². The largest absolute Gasteiger partial charge is 0.493 e. The molecule has 2 aromatic rings. The molecule has 0 spiro atoms. The number of carbonyl (C=O) groups excluding carboxylic acids is 1. The first-order valence-corrected chi connectivity index (χ1v) is 6.71. The second-order valence-electron chi connectivity index (χ2n) is 4.39. The quantitative estimate of drug-likeness (QED) is 0.750. The zero-order chi connectivity index (χ0) is 15.2. The van der Waals surface area contributed by atoms with Crippen LogP contribution in [0.1, 0.15) is 23.7 Å². The number of rotatable bonds is 6. The number of hydrogen-bond donors (Lipinski definition) is 0. The summed E-state index contributed by atoms with van der Waals surface area (Å²) >= 11 is 0. The molecule has 0 N–H and O–H groups in total. The Morgan fingerprint density at radius 1 is 0.952 bits per heavy atom. The molecule has 0 aliphatic rings. The zero-order valence-corrected chi connectivity index (χ0v) is 12.4. The van der Waals surface area contributed by atoms with Crippen molar-refractivity contribution in [3.63, 3.8) is 0 Å². The molecule has 0 radical (unpaired) electrons. The van der Waals surface area contributed by atoms with Gasteiger partial charge in [-0.25, -0.2) is 0 Å². The van der Waals surface area contributed by atoms with Crippen molar-refractivity contribution in [2.75, 3.05) is 14.2 Å². The summed E-state index contributed by atoms with van der Waals surface area (Å²) in [5.74, 6) is 2.41. The molecule has 0 aromatic heterocycles. The van der Waals surface area contributed by atoms with Crippen LogP contribution < -0.4 is 14.2 Å². The minimum Gasteiger partial charge on any atom is -0.493 e. The number of benzene rings is 2. The first-order valence-electron chi connectivity index (χ1n) is 6.71. The summed E-state index contributed by atoms with van der Waals surface area (Å²) in [5.41, 5.74) is 0.678. The van der Waals surface area contributed by atoms with Gasteiger partial charge < -0.3 is 14.2 Å². The van der Waals surface area contributed by atoms with Gasteiger partial charge in [-0.15, -0.1) is 0 Å². The van der Waals surface area contributed by atoms with E-state index in [4.69, 9.17) is 14.2 Å². The Kier molecular flexibility index (Phi) is 4.82. The maximum Gasteiger partial charge on any atom is 0.210 e. The molecule has 0 unspecified atom stereocenters. The molecule has 0 aliphatic heterocycles. The molecule has 0 aliphatic carbocycles. The number of carbonyl (C=O) groups is 1. The normalized spacial score (nSPS) is 10.0. The van der Waals surface area contributed by atoms with Crippen molar-refractivity contribution in [2.45, 2.75) is 13.3 Å². The molecule has 0 saturated carbocycles. The topological polar surface area (TPSA) is 44.8 Å². The maximum absolute atomic E-state index is 11.6. The van der Waals surface area contributed by atoms with Gasteiger partial charge in [-0.3, -0.25) is 4.79 Å². The minimum absolute atomic E-state index is 0.108. The minimum atomic E-state index is 0.108. The average Bonchev–Trinajstić information content (AvgIpc) is 2.55. The van der Waals surface area contributed by atoms with E-state index in [9.17, 15) is 4.79 Å². The highest BCUT2D eigenvalue weighted by Crippen LogP contribution is 2.39. The van der Waals surface area contributed by atoms with Crippen LogP contribution in [-0.4, -0.2) is 20.0 Å². The molecule has 2 aromatic carbocycles. The lowest BCUT2D eigenvalue weighted by Gasteiger charge is -2.13. The SMILES string of the molecule is CCC(=O)c1ccc(Oc2c(OC)cccc2OC)cc1. The second-order valence-corrected chi connectivity index (χ2v) is 4.39. The summed E-state index contributed by atoms with van der Waals surface area (Å²) in [7, 11) is 3.15. The van der Waals surface area contributed by atoms with Gasteiger partial charge in [-0.05, 0) is 36.4 Å². The van der Waals surface area contributed by atoms with Gasteiger partial charge in [-0.1, -0.05) is 13.0 Å². The third kappa shape index (κ3) is 3.34. The fourth-order valence-electron chi connectivity index (χ4n) is 1.95. The van der Waals surface area contributed by atoms with Crippen LogP contribution in [0.25, 0.3) is 0 Å². The fourth-order valence-corrected chi connectivity index (χ4v) is 1.95. The van der Waals surface area contributed by atoms with Gasteiger partial charge in [0.1, 0.15) is 5.75 Å². The number of Topliss-reactive ketones (excluding diaryl/α,β-unsaturated/α-hetero) is 1. The number of hydrogen-bond acceptors (Lipinski definition) is 4. The highest BCUT2D eigenvalue weighted by Gasteiger charge is 2.12. The van der Waals surface area contributed by atoms with Crippen LogP contribution >= 0.6 is 0 Å². The van der Waals surface area contributed by atoms with Crippen molar-refractivity contribution in [3.05, 3.63) is 48.0 Å². The van der Waals surface area contributed by atoms with E-state index in [0.717, 1.165) is 0 Å². The second kappa shape index (κ2) is 6.79. The van der Waals surface area contributed by atoms with Crippen molar-refractivity contribution < 1.29 is 19.0 Å². The smallest absolute Gasteiger partial charge is 0.210 e. The first-order chi connectivity index (χ1) is 10.2. The molecule has 21 heavy (non-hydrogen) atoms. The van der Waals surface area contributed by atoms with Gasteiger partial charge in [0.05, 0.1) is 14.2 Å². The van der Waals surface area contributed by atoms with Gasteiger partial charge >= 0.3 is 0 Å². The molecule has 0 heterocycles. The molecule has 0 saturated heterocycles. The van der Waals surface area contributed by atoms with E-state index in [1.807, 2.05) is 13.0 Å². The molecule has 0 amide bonds. The number of methoxy groups -OCH3 is 2. The van der Waals surface area contributed by atoms with Crippen LogP contribution in [0.5, 0.6) is 23.0 Å². The Labute approximate surface area is 124 Å². The van der Waals surface area contributed by atoms with Crippen LogP contribution in [0, 0.1) is 0 Å². The molecule has 110 valence electrons. The molecule has 0 atom stereocenters. The van der Waals surface area contributed by atoms with Gasteiger partial charge in [-0.2, -0.15) is 0 Å². The maximum atomic E-state index is 11.6. The lowest BCUT2D eigenvalue weighted by Crippen LogP contribution is -1.97. The molecular weight excluding hydrogens is 268 g/mol. The number of ketones is 1. The van der Waals surface area contributed by atoms with Crippen molar-refractivity contribution >= 4 is 5.78 Å². The van der Waals surface area contributed by atoms with Crippen molar-refractivity contribution in [3.8, 4) is 23.0 Å². The van der Waals surface area contributed by atoms with Gasteiger partial charge in [0.2, 0.25) is 5.75 Å². The van der Waals surface area contributed by atoms with Gasteiger partial charge in [0, 0.05) is 12.0 Å². The van der Waals surface area contributed by atoms with E-state index in [0.29, 0.717) is 35.0 Å². The lowest BCUT2D eigenvalue weighted by atomic mass is 10.1. The molecule has 0 bridgehead atoms. The van der Waals surface area contributed by atoms with Crippen LogP contribution in [-0.2, 0) is 0 Å². The number of ether oxygens (including phenoxy) is 3. The van der Waals surface area contributed by atoms with Crippen LogP contribution in [0.2, 0.25) is 0 Å². The summed E-state index contributed by atoms with van der Waals surface area (Å²) in [6.45, 7) is 1.84. The Balaban J connectivity index is 2.28. The Morgan fingerprint density at radius 2 is 1.52 bits per heavy atom. The standard InChI is InChI=1S/C17H18O4/c1-4-14(18)12-8-10-13(11-9-12)21-17-15(19-2)6-5-7-16(17)20-3/h5-11H,4H2,1-3H3. The van der Waals surface area contributed by atoms with E-state index in [2.05, 4.69) is 0 Å². The predicted octanol–water partition coefficient (Wildman–Crippen LogP) is 4.09. The summed E-state index contributed by atoms with van der Waals surface area (Å²) in [4.78, 5) is 11.6. The van der Waals surface area contributed by atoms with Crippen molar-refractivity contribution in [1.29, 1.82) is 0 Å². The Bertz CT molecular complexity index is 595. The van der Waals surface area contributed by atoms with Gasteiger partial charge in [0.25, 0.3) is 0 Å². The fraction of sp³-hybridized carbons (Fsp3) is 0.235. The van der Waals surface area contributed by atoms with Crippen LogP contribution in [0.15, 0.2) is 42.5 Å². The van der Waals surface area contributed by atoms with Crippen molar-refractivity contribution in [1.82, 2.24) is 0 Å². The molecular formula is C17H18O4. The Morgan fingerprint density at radius 3 is 2.00 bits per heavy atom. The molecule has 2 rings (SSSR count). The highest BCUT2D eigenvalue weighted by atomic mass is 16.5. The molecule has 4 heteroatoms. The summed E-state index contributed by atoms with van der Waals surface area (Å²) < 4.78 is 16.4. The van der Waals surface area contributed by atoms with E-state index in [1.54, 1.807) is 50.6 Å². The van der Waals surface area contributed by atoms with E-state index < -0.39 is 0 Å². The molecule has 0 fully saturated rings. The Hall–Kier alpha value is -2.49. The van der Waals surface area contributed by atoms with Crippen LogP contribution in [0.3, 0.4) is 0 Å². The zero-order valence-electron chi connectivity index (χ0n) is 12.4. The molecule has 4 nitrogen and oxygen atoms in total. The predicted molar refractivity (Wildman–Crippen MR) is 80.7 cm³/mol. The third-order valence-electron chi connectivity index (χ3n) is 3.10. The summed E-state index contributed by atoms with van der Waals surface area (Å²) in [6, 6.07) is 12.4. The summed E-state index contributed by atoms with van der Waals surface area (Å²) in [6.07, 6.45) is 0.487. The van der Waals surface area contributed by atoms with Crippen LogP contribution in [0.4, 0.5) is 0 Å². The lowest BCUT2D eigenvalue weighted by molar-refractivity contribution is 0.0988.